The third-order valence-electron chi connectivity index (χ3n) is 3.94. The number of benzene rings is 3. The van der Waals surface area contributed by atoms with Crippen LogP contribution >= 0.6 is 0 Å². The monoisotopic (exact) mass is 397 g/mol. The molecule has 0 aliphatic heterocycles. The number of rotatable bonds is 8. The van der Waals surface area contributed by atoms with Crippen LogP contribution in [0.25, 0.3) is 0 Å². The first kappa shape index (κ1) is 19.4. The average Bonchev–Trinajstić information content (AvgIpc) is 2.73. The Bertz CT molecular complexity index is 1030. The number of carbonyl (C=O) groups excluding carboxylic acids is 1. The van der Waals surface area contributed by atoms with Gasteiger partial charge in [0.1, 0.15) is 11.5 Å². The lowest BCUT2D eigenvalue weighted by molar-refractivity contribution is 0.0921. The molecule has 28 heavy (non-hydrogen) atoms. The van der Waals surface area contributed by atoms with Crippen molar-refractivity contribution in [3.8, 4) is 11.5 Å². The lowest BCUT2D eigenvalue weighted by Gasteiger charge is -2.10. The van der Waals surface area contributed by atoms with Crippen LogP contribution in [0.1, 0.15) is 10.4 Å². The van der Waals surface area contributed by atoms with Crippen molar-refractivity contribution in [3.63, 3.8) is 0 Å². The average molecular weight is 397 g/mol. The number of carbonyl (C=O) groups is 1. The van der Waals surface area contributed by atoms with Crippen molar-refractivity contribution in [2.45, 2.75) is 4.90 Å². The van der Waals surface area contributed by atoms with Crippen LogP contribution in [-0.4, -0.2) is 27.9 Å². The summed E-state index contributed by atoms with van der Waals surface area (Å²) in [6.07, 6.45) is 0. The van der Waals surface area contributed by atoms with E-state index in [1.54, 1.807) is 60.7 Å². The van der Waals surface area contributed by atoms with Gasteiger partial charge in [0, 0.05) is 11.3 Å². The van der Waals surface area contributed by atoms with Gasteiger partial charge < -0.3 is 9.47 Å². The van der Waals surface area contributed by atoms with Gasteiger partial charge in [0.05, 0.1) is 12.0 Å². The number of anilines is 1. The predicted molar refractivity (Wildman–Crippen MR) is 107 cm³/mol. The second-order valence-corrected chi connectivity index (χ2v) is 7.57. The van der Waals surface area contributed by atoms with E-state index in [0.717, 1.165) is 0 Å². The maximum atomic E-state index is 12.4. The Kier molecular flexibility index (Phi) is 5.96. The molecule has 0 saturated carbocycles. The van der Waals surface area contributed by atoms with Gasteiger partial charge in [-0.1, -0.05) is 30.3 Å². The molecule has 7 heteroatoms. The fraction of sp³-hybridized carbons (Fsp3) is 0.0952. The largest absolute Gasteiger partial charge is 0.497 e. The number of nitrogens with one attached hydrogen (secondary N) is 1. The fourth-order valence-corrected chi connectivity index (χ4v) is 3.50. The molecule has 0 aromatic heterocycles. The van der Waals surface area contributed by atoms with Crippen LogP contribution in [0.15, 0.2) is 83.8 Å². The molecule has 0 fully saturated rings. The molecule has 0 bridgehead atoms. The maximum absolute atomic E-state index is 12.4. The van der Waals surface area contributed by atoms with E-state index in [4.69, 9.17) is 9.47 Å². The third-order valence-corrected chi connectivity index (χ3v) is 5.34. The molecule has 3 aromatic carbocycles. The molecular weight excluding hydrogens is 378 g/mol. The van der Waals surface area contributed by atoms with Crippen molar-refractivity contribution < 1.29 is 22.7 Å². The number of ketones is 1. The second kappa shape index (κ2) is 8.58. The minimum absolute atomic E-state index is 0.0963. The molecule has 3 aromatic rings. The number of hydrogen-bond donors (Lipinski definition) is 1. The first-order valence-corrected chi connectivity index (χ1v) is 9.94. The summed E-state index contributed by atoms with van der Waals surface area (Å²) in [7, 11) is -2.20. The van der Waals surface area contributed by atoms with E-state index in [1.165, 1.54) is 19.2 Å². The summed E-state index contributed by atoms with van der Waals surface area (Å²) in [6.45, 7) is -0.0963. The van der Waals surface area contributed by atoms with Crippen molar-refractivity contribution in [1.82, 2.24) is 0 Å². The minimum Gasteiger partial charge on any atom is -0.497 e. The molecule has 0 aliphatic rings. The van der Waals surface area contributed by atoms with Gasteiger partial charge in [-0.05, 0) is 48.5 Å². The summed E-state index contributed by atoms with van der Waals surface area (Å²) in [4.78, 5) is 12.2. The maximum Gasteiger partial charge on any atom is 0.261 e. The quantitative estimate of drug-likeness (QED) is 0.586. The summed E-state index contributed by atoms with van der Waals surface area (Å²) in [5.41, 5.74) is 0.962. The topological polar surface area (TPSA) is 81.7 Å². The van der Waals surface area contributed by atoms with E-state index < -0.39 is 10.0 Å². The van der Waals surface area contributed by atoms with Crippen LogP contribution in [0.3, 0.4) is 0 Å². The number of methoxy groups -OCH3 is 1. The number of Topliss-reactive ketones (excluding diaryl/α,β-unsaturated/α-hetero) is 1. The lowest BCUT2D eigenvalue weighted by atomic mass is 10.1. The molecule has 0 aliphatic carbocycles. The Labute approximate surface area is 163 Å². The molecule has 1 N–H and O–H groups in total. The normalized spacial score (nSPS) is 10.9. The molecule has 3 rings (SSSR count). The lowest BCUT2D eigenvalue weighted by Crippen LogP contribution is -2.13. The van der Waals surface area contributed by atoms with Crippen molar-refractivity contribution in [3.05, 3.63) is 84.4 Å². The molecule has 0 amide bonds. The van der Waals surface area contributed by atoms with Gasteiger partial charge in [0.25, 0.3) is 10.0 Å². The van der Waals surface area contributed by atoms with Gasteiger partial charge in [-0.3, -0.25) is 9.52 Å². The zero-order chi connectivity index (χ0) is 20.0. The molecular formula is C21H19NO5S. The van der Waals surface area contributed by atoms with Crippen LogP contribution in [0.2, 0.25) is 0 Å². The summed E-state index contributed by atoms with van der Waals surface area (Å²) >= 11 is 0. The van der Waals surface area contributed by atoms with E-state index in [1.807, 2.05) is 6.07 Å². The van der Waals surface area contributed by atoms with Gasteiger partial charge in [-0.25, -0.2) is 8.42 Å². The van der Waals surface area contributed by atoms with Crippen LogP contribution in [0.5, 0.6) is 11.5 Å². The van der Waals surface area contributed by atoms with E-state index in [9.17, 15) is 13.2 Å². The number of sulfonamides is 1. The molecule has 0 atom stereocenters. The van der Waals surface area contributed by atoms with E-state index in [2.05, 4.69) is 4.72 Å². The SMILES string of the molecule is COc1ccc(S(=O)(=O)Nc2ccc(OCC(=O)c3ccccc3)cc2)cc1. The van der Waals surface area contributed by atoms with Crippen molar-refractivity contribution >= 4 is 21.5 Å². The highest BCUT2D eigenvalue weighted by atomic mass is 32.2. The molecule has 6 nitrogen and oxygen atoms in total. The smallest absolute Gasteiger partial charge is 0.261 e. The van der Waals surface area contributed by atoms with Crippen molar-refractivity contribution in [1.29, 1.82) is 0 Å². The highest BCUT2D eigenvalue weighted by molar-refractivity contribution is 7.92. The molecule has 0 heterocycles. The molecule has 144 valence electrons. The predicted octanol–water partition coefficient (Wildman–Crippen LogP) is 3.76. The first-order valence-electron chi connectivity index (χ1n) is 8.46. The zero-order valence-corrected chi connectivity index (χ0v) is 16.0. The Morgan fingerprint density at radius 1 is 0.857 bits per heavy atom. The van der Waals surface area contributed by atoms with E-state index in [0.29, 0.717) is 22.7 Å². The van der Waals surface area contributed by atoms with Crippen LogP contribution in [0.4, 0.5) is 5.69 Å². The highest BCUT2D eigenvalue weighted by Gasteiger charge is 2.14. The van der Waals surface area contributed by atoms with Gasteiger partial charge in [0.15, 0.2) is 12.4 Å². The zero-order valence-electron chi connectivity index (χ0n) is 15.2. The first-order chi connectivity index (χ1) is 13.5. The van der Waals surface area contributed by atoms with Gasteiger partial charge in [0.2, 0.25) is 0 Å². The molecule has 0 saturated heterocycles. The van der Waals surface area contributed by atoms with Gasteiger partial charge >= 0.3 is 0 Å². The van der Waals surface area contributed by atoms with Crippen LogP contribution in [-0.2, 0) is 10.0 Å². The fourth-order valence-electron chi connectivity index (χ4n) is 2.44. The Hall–Kier alpha value is -3.32. The van der Waals surface area contributed by atoms with Crippen LogP contribution < -0.4 is 14.2 Å². The van der Waals surface area contributed by atoms with E-state index >= 15 is 0 Å². The summed E-state index contributed by atoms with van der Waals surface area (Å²) in [6, 6.07) is 21.3. The van der Waals surface area contributed by atoms with Crippen molar-refractivity contribution in [2.75, 3.05) is 18.4 Å². The summed E-state index contributed by atoms with van der Waals surface area (Å²) in [5, 5.41) is 0. The standard InChI is InChI=1S/C21H19NO5S/c1-26-18-11-13-20(14-12-18)28(24,25)22-17-7-9-19(10-8-17)27-15-21(23)16-5-3-2-4-6-16/h2-14,22H,15H2,1H3. The van der Waals surface area contributed by atoms with Crippen LogP contribution in [0, 0.1) is 0 Å². The Morgan fingerprint density at radius 2 is 1.46 bits per heavy atom. The van der Waals surface area contributed by atoms with E-state index in [-0.39, 0.29) is 17.3 Å². The highest BCUT2D eigenvalue weighted by Crippen LogP contribution is 2.21. The third kappa shape index (κ3) is 4.89. The summed E-state index contributed by atoms with van der Waals surface area (Å²) in [5.74, 6) is 0.909. The summed E-state index contributed by atoms with van der Waals surface area (Å²) < 4.78 is 37.9. The molecule has 0 unspecified atom stereocenters. The Balaban J connectivity index is 1.61. The Morgan fingerprint density at radius 3 is 2.07 bits per heavy atom. The minimum atomic E-state index is -3.71. The molecule has 0 radical (unpaired) electrons. The van der Waals surface area contributed by atoms with Crippen molar-refractivity contribution in [2.24, 2.45) is 0 Å². The number of ether oxygens (including phenoxy) is 2. The van der Waals surface area contributed by atoms with Gasteiger partial charge in [-0.2, -0.15) is 0 Å². The molecule has 0 spiro atoms. The van der Waals surface area contributed by atoms with Gasteiger partial charge in [-0.15, -0.1) is 0 Å². The second-order valence-electron chi connectivity index (χ2n) is 5.88. The number of hydrogen-bond acceptors (Lipinski definition) is 5.